The Balaban J connectivity index is 2.29. The van der Waals surface area contributed by atoms with E-state index in [9.17, 15) is 18.0 Å². The van der Waals surface area contributed by atoms with Crippen molar-refractivity contribution in [2.24, 2.45) is 0 Å². The highest BCUT2D eigenvalue weighted by atomic mass is 19.4. The third-order valence-corrected chi connectivity index (χ3v) is 2.80. The van der Waals surface area contributed by atoms with E-state index in [1.165, 1.54) is 0 Å². The summed E-state index contributed by atoms with van der Waals surface area (Å²) < 4.78 is 43.3. The highest BCUT2D eigenvalue weighted by molar-refractivity contribution is 5.89. The number of aromatic carboxylic acids is 1. The normalized spacial score (nSPS) is 11.2. The van der Waals surface area contributed by atoms with Crippen LogP contribution in [0, 0.1) is 0 Å². The zero-order valence-corrected chi connectivity index (χ0v) is 10.7. The molecule has 0 atom stereocenters. The maximum absolute atomic E-state index is 12.7. The molecule has 0 saturated carbocycles. The van der Waals surface area contributed by atoms with Crippen molar-refractivity contribution in [1.82, 2.24) is 0 Å². The second kappa shape index (κ2) is 5.87. The molecule has 3 nitrogen and oxygen atoms in total. The molecule has 0 heterocycles. The van der Waals surface area contributed by atoms with Crippen LogP contribution in [0.4, 0.5) is 13.2 Å². The van der Waals surface area contributed by atoms with Crippen LogP contribution in [-0.4, -0.2) is 11.1 Å². The summed E-state index contributed by atoms with van der Waals surface area (Å²) in [6, 6.07) is 10.9. The van der Waals surface area contributed by atoms with Crippen LogP contribution in [0.2, 0.25) is 0 Å². The Bertz CT molecular complexity index is 636. The van der Waals surface area contributed by atoms with Gasteiger partial charge >= 0.3 is 12.1 Å². The molecule has 0 fully saturated rings. The summed E-state index contributed by atoms with van der Waals surface area (Å²) in [5.41, 5.74) is -1.14. The summed E-state index contributed by atoms with van der Waals surface area (Å²) in [6.45, 7) is -0.254. The topological polar surface area (TPSA) is 46.5 Å². The van der Waals surface area contributed by atoms with Gasteiger partial charge in [-0.1, -0.05) is 18.2 Å². The number of hydrogen-bond acceptors (Lipinski definition) is 2. The summed E-state index contributed by atoms with van der Waals surface area (Å²) in [7, 11) is 0. The van der Waals surface area contributed by atoms with Crippen molar-refractivity contribution in [2.45, 2.75) is 12.8 Å². The molecule has 6 heteroatoms. The van der Waals surface area contributed by atoms with Crippen molar-refractivity contribution in [3.8, 4) is 5.75 Å². The highest BCUT2D eigenvalue weighted by Crippen LogP contribution is 2.31. The molecule has 0 saturated heterocycles. The lowest BCUT2D eigenvalue weighted by Gasteiger charge is -2.12. The minimum atomic E-state index is -4.53. The quantitative estimate of drug-likeness (QED) is 0.928. The zero-order valence-electron chi connectivity index (χ0n) is 10.7. The maximum Gasteiger partial charge on any atom is 0.416 e. The van der Waals surface area contributed by atoms with Gasteiger partial charge in [-0.2, -0.15) is 13.2 Å². The Kier molecular flexibility index (Phi) is 4.16. The van der Waals surface area contributed by atoms with Gasteiger partial charge in [0.05, 0.1) is 11.1 Å². The van der Waals surface area contributed by atoms with Crippen LogP contribution >= 0.6 is 0 Å². The summed E-state index contributed by atoms with van der Waals surface area (Å²) >= 11 is 0. The molecule has 0 aliphatic heterocycles. The van der Waals surface area contributed by atoms with Gasteiger partial charge in [0.15, 0.2) is 0 Å². The monoisotopic (exact) mass is 296 g/mol. The molecular weight excluding hydrogens is 285 g/mol. The van der Waals surface area contributed by atoms with Crippen molar-refractivity contribution < 1.29 is 27.8 Å². The van der Waals surface area contributed by atoms with Crippen LogP contribution in [0.1, 0.15) is 21.5 Å². The van der Waals surface area contributed by atoms with Crippen molar-refractivity contribution in [2.75, 3.05) is 0 Å². The van der Waals surface area contributed by atoms with Gasteiger partial charge in [-0.05, 0) is 30.3 Å². The van der Waals surface area contributed by atoms with Gasteiger partial charge in [-0.25, -0.2) is 4.79 Å². The Morgan fingerprint density at radius 2 is 1.76 bits per heavy atom. The second-order valence-electron chi connectivity index (χ2n) is 4.28. The molecule has 0 bridgehead atoms. The van der Waals surface area contributed by atoms with E-state index in [2.05, 4.69) is 0 Å². The molecule has 1 N–H and O–H groups in total. The summed E-state index contributed by atoms with van der Waals surface area (Å²) in [4.78, 5) is 11.1. The van der Waals surface area contributed by atoms with Gasteiger partial charge < -0.3 is 9.84 Å². The molecule has 0 radical (unpaired) electrons. The molecule has 2 rings (SSSR count). The van der Waals surface area contributed by atoms with Crippen molar-refractivity contribution in [3.63, 3.8) is 0 Å². The van der Waals surface area contributed by atoms with E-state index in [-0.39, 0.29) is 17.7 Å². The Labute approximate surface area is 118 Å². The number of benzene rings is 2. The van der Waals surface area contributed by atoms with E-state index in [1.807, 2.05) is 0 Å². The first kappa shape index (κ1) is 14.9. The lowest BCUT2D eigenvalue weighted by atomic mass is 10.0. The fraction of sp³-hybridized carbons (Fsp3) is 0.133. The molecular formula is C15H11F3O3. The van der Waals surface area contributed by atoms with Gasteiger partial charge in [0.1, 0.15) is 12.4 Å². The standard InChI is InChI=1S/C15H11F3O3/c16-15(17,18)11-6-7-13(14(19)20)10(8-11)9-21-12-4-2-1-3-5-12/h1-8H,9H2,(H,19,20). The third kappa shape index (κ3) is 3.75. The fourth-order valence-electron chi connectivity index (χ4n) is 1.78. The molecule has 0 aliphatic carbocycles. The molecule has 0 spiro atoms. The van der Waals surface area contributed by atoms with Crippen LogP contribution in [0.25, 0.3) is 0 Å². The zero-order chi connectivity index (χ0) is 15.5. The van der Waals surface area contributed by atoms with Gasteiger partial charge in [-0.15, -0.1) is 0 Å². The number of rotatable bonds is 4. The lowest BCUT2D eigenvalue weighted by molar-refractivity contribution is -0.137. The first-order valence-electron chi connectivity index (χ1n) is 5.99. The predicted octanol–water partition coefficient (Wildman–Crippen LogP) is 3.98. The van der Waals surface area contributed by atoms with Crippen molar-refractivity contribution in [3.05, 3.63) is 65.2 Å². The first-order valence-corrected chi connectivity index (χ1v) is 5.99. The van der Waals surface area contributed by atoms with Gasteiger partial charge in [0.25, 0.3) is 0 Å². The number of carboxylic acid groups (broad SMARTS) is 1. The number of para-hydroxylation sites is 1. The molecule has 2 aromatic carbocycles. The van der Waals surface area contributed by atoms with Crippen molar-refractivity contribution in [1.29, 1.82) is 0 Å². The van der Waals surface area contributed by atoms with E-state index in [4.69, 9.17) is 9.84 Å². The molecule has 110 valence electrons. The van der Waals surface area contributed by atoms with Gasteiger partial charge in [-0.3, -0.25) is 0 Å². The van der Waals surface area contributed by atoms with E-state index in [0.29, 0.717) is 5.75 Å². The minimum Gasteiger partial charge on any atom is -0.489 e. The predicted molar refractivity (Wildman–Crippen MR) is 69.2 cm³/mol. The SMILES string of the molecule is O=C(O)c1ccc(C(F)(F)F)cc1COc1ccccc1. The molecule has 21 heavy (non-hydrogen) atoms. The summed E-state index contributed by atoms with van der Waals surface area (Å²) in [5, 5.41) is 9.02. The van der Waals surface area contributed by atoms with Crippen LogP contribution < -0.4 is 4.74 Å². The third-order valence-electron chi connectivity index (χ3n) is 2.80. The molecule has 0 amide bonds. The number of carboxylic acids is 1. The Hall–Kier alpha value is -2.50. The van der Waals surface area contributed by atoms with Crippen LogP contribution in [0.3, 0.4) is 0 Å². The largest absolute Gasteiger partial charge is 0.489 e. The van der Waals surface area contributed by atoms with Crippen LogP contribution in [0.15, 0.2) is 48.5 Å². The summed E-state index contributed by atoms with van der Waals surface area (Å²) in [6.07, 6.45) is -4.53. The number of halogens is 3. The maximum atomic E-state index is 12.7. The summed E-state index contributed by atoms with van der Waals surface area (Å²) in [5.74, 6) is -0.846. The smallest absolute Gasteiger partial charge is 0.416 e. The molecule has 0 unspecified atom stereocenters. The molecule has 2 aromatic rings. The second-order valence-corrected chi connectivity index (χ2v) is 4.28. The first-order chi connectivity index (χ1) is 9.88. The van der Waals surface area contributed by atoms with Crippen LogP contribution in [-0.2, 0) is 12.8 Å². The fourth-order valence-corrected chi connectivity index (χ4v) is 1.78. The minimum absolute atomic E-state index is 0.0267. The Morgan fingerprint density at radius 3 is 2.33 bits per heavy atom. The average molecular weight is 296 g/mol. The van der Waals surface area contributed by atoms with E-state index < -0.39 is 17.7 Å². The number of alkyl halides is 3. The van der Waals surface area contributed by atoms with E-state index in [0.717, 1.165) is 18.2 Å². The number of hydrogen-bond donors (Lipinski definition) is 1. The molecule has 0 aromatic heterocycles. The Morgan fingerprint density at radius 1 is 1.10 bits per heavy atom. The average Bonchev–Trinajstić information content (AvgIpc) is 2.45. The van der Waals surface area contributed by atoms with E-state index in [1.54, 1.807) is 30.3 Å². The lowest BCUT2D eigenvalue weighted by Crippen LogP contribution is -2.11. The van der Waals surface area contributed by atoms with Crippen LogP contribution in [0.5, 0.6) is 5.75 Å². The number of ether oxygens (including phenoxy) is 1. The highest BCUT2D eigenvalue weighted by Gasteiger charge is 2.31. The van der Waals surface area contributed by atoms with Gasteiger partial charge in [0, 0.05) is 5.56 Å². The number of carbonyl (C=O) groups is 1. The van der Waals surface area contributed by atoms with Gasteiger partial charge in [0.2, 0.25) is 0 Å². The van der Waals surface area contributed by atoms with E-state index >= 15 is 0 Å². The van der Waals surface area contributed by atoms with Crippen molar-refractivity contribution >= 4 is 5.97 Å². The molecule has 0 aliphatic rings.